The van der Waals surface area contributed by atoms with Crippen molar-refractivity contribution in [2.45, 2.75) is 6.42 Å². The lowest BCUT2D eigenvalue weighted by Gasteiger charge is -1.90. The molecular weight excluding hydrogens is 166 g/mol. The summed E-state index contributed by atoms with van der Waals surface area (Å²) in [5, 5.41) is 16.4. The maximum atomic E-state index is 10.3. The lowest BCUT2D eigenvalue weighted by atomic mass is 10.3. The molecule has 0 aliphatic rings. The van der Waals surface area contributed by atoms with Gasteiger partial charge in [0, 0.05) is 6.42 Å². The monoisotopic (exact) mass is 173 g/mol. The third-order valence-electron chi connectivity index (χ3n) is 1.25. The van der Waals surface area contributed by atoms with Crippen molar-refractivity contribution in [3.63, 3.8) is 0 Å². The van der Waals surface area contributed by atoms with Crippen molar-refractivity contribution < 1.29 is 4.92 Å². The van der Waals surface area contributed by atoms with Crippen molar-refractivity contribution in [3.05, 3.63) is 22.0 Å². The van der Waals surface area contributed by atoms with E-state index in [2.05, 4.69) is 22.8 Å². The van der Waals surface area contributed by atoms with Crippen molar-refractivity contribution in [2.24, 2.45) is 0 Å². The van der Waals surface area contributed by atoms with Gasteiger partial charge in [0.25, 0.3) is 0 Å². The number of nitro groups is 1. The van der Waals surface area contributed by atoms with Crippen LogP contribution in [0.1, 0.15) is 5.69 Å². The van der Waals surface area contributed by atoms with Gasteiger partial charge in [0.05, 0.1) is 4.92 Å². The molecule has 0 aliphatic carbocycles. The van der Waals surface area contributed by atoms with E-state index in [1.807, 2.05) is 0 Å². The lowest BCUT2D eigenvalue weighted by molar-refractivity contribution is -0.385. The minimum absolute atomic E-state index is 0.0408. The molecule has 60 valence electrons. The second-order valence-electron chi connectivity index (χ2n) is 1.96. The Bertz CT molecular complexity index is 260. The number of aromatic nitrogens is 2. The number of aryl methyl sites for hydroxylation is 1. The van der Waals surface area contributed by atoms with Crippen LogP contribution < -0.4 is 0 Å². The fourth-order valence-electron chi connectivity index (χ4n) is 0.760. The molecule has 11 heavy (non-hydrogen) atoms. The molecule has 0 unspecified atom stereocenters. The Labute approximate surface area is 68.4 Å². The van der Waals surface area contributed by atoms with Gasteiger partial charge in [-0.1, -0.05) is 0 Å². The fourth-order valence-corrected chi connectivity index (χ4v) is 0.983. The summed E-state index contributed by atoms with van der Waals surface area (Å²) in [5.41, 5.74) is 0.573. The summed E-state index contributed by atoms with van der Waals surface area (Å²) in [6, 6.07) is 0. The van der Waals surface area contributed by atoms with Crippen LogP contribution in [0.2, 0.25) is 0 Å². The van der Waals surface area contributed by atoms with Crippen LogP contribution in [0, 0.1) is 10.1 Å². The number of H-pyrrole nitrogens is 1. The van der Waals surface area contributed by atoms with Gasteiger partial charge >= 0.3 is 5.69 Å². The number of nitrogens with zero attached hydrogens (tertiary/aromatic N) is 2. The highest BCUT2D eigenvalue weighted by molar-refractivity contribution is 7.80. The molecule has 0 saturated heterocycles. The molecule has 6 heteroatoms. The van der Waals surface area contributed by atoms with E-state index in [9.17, 15) is 10.1 Å². The number of nitrogens with one attached hydrogen (secondary N) is 1. The maximum absolute atomic E-state index is 10.3. The summed E-state index contributed by atoms with van der Waals surface area (Å²) in [5.74, 6) is 0.572. The molecule has 0 fully saturated rings. The third kappa shape index (κ3) is 1.70. The number of hydrogen-bond acceptors (Lipinski definition) is 4. The van der Waals surface area contributed by atoms with Crippen molar-refractivity contribution in [1.29, 1.82) is 0 Å². The molecule has 1 aromatic heterocycles. The highest BCUT2D eigenvalue weighted by Crippen LogP contribution is 2.14. The first-order chi connectivity index (χ1) is 5.25. The van der Waals surface area contributed by atoms with E-state index in [1.54, 1.807) is 0 Å². The second-order valence-corrected chi connectivity index (χ2v) is 2.41. The van der Waals surface area contributed by atoms with Gasteiger partial charge in [0.1, 0.15) is 11.9 Å². The van der Waals surface area contributed by atoms with Crippen LogP contribution in [0.5, 0.6) is 0 Å². The van der Waals surface area contributed by atoms with Crippen LogP contribution in [0.25, 0.3) is 0 Å². The molecule has 0 aromatic carbocycles. The average Bonchev–Trinajstić information content (AvgIpc) is 2.36. The minimum atomic E-state index is -0.456. The zero-order valence-corrected chi connectivity index (χ0v) is 6.54. The third-order valence-corrected chi connectivity index (χ3v) is 1.48. The van der Waals surface area contributed by atoms with E-state index in [-0.39, 0.29) is 5.69 Å². The van der Waals surface area contributed by atoms with Gasteiger partial charge in [-0.3, -0.25) is 15.2 Å². The Morgan fingerprint density at radius 2 is 2.55 bits per heavy atom. The SMILES string of the molecule is O=[N+]([O-])c1cn[nH]c1CCS. The molecule has 5 nitrogen and oxygen atoms in total. The molecule has 1 rings (SSSR count). The van der Waals surface area contributed by atoms with Gasteiger partial charge < -0.3 is 0 Å². The van der Waals surface area contributed by atoms with E-state index < -0.39 is 4.92 Å². The Morgan fingerprint density at radius 1 is 1.82 bits per heavy atom. The molecule has 0 atom stereocenters. The normalized spacial score (nSPS) is 9.91. The molecule has 1 aromatic rings. The van der Waals surface area contributed by atoms with Crippen LogP contribution in [0.3, 0.4) is 0 Å². The maximum Gasteiger partial charge on any atom is 0.309 e. The summed E-state index contributed by atoms with van der Waals surface area (Å²) in [4.78, 5) is 9.82. The van der Waals surface area contributed by atoms with Crippen LogP contribution in [-0.2, 0) is 6.42 Å². The number of rotatable bonds is 3. The summed E-state index contributed by atoms with van der Waals surface area (Å²) in [6.07, 6.45) is 1.75. The highest BCUT2D eigenvalue weighted by Gasteiger charge is 2.14. The first-order valence-corrected chi connectivity index (χ1v) is 3.66. The Morgan fingerprint density at radius 3 is 3.09 bits per heavy atom. The van der Waals surface area contributed by atoms with Crippen LogP contribution >= 0.6 is 12.6 Å². The Kier molecular flexibility index (Phi) is 2.48. The van der Waals surface area contributed by atoms with Gasteiger partial charge in [-0.05, 0) is 5.75 Å². The smallest absolute Gasteiger partial charge is 0.275 e. The van der Waals surface area contributed by atoms with E-state index in [0.717, 1.165) is 0 Å². The molecule has 1 N–H and O–H groups in total. The van der Waals surface area contributed by atoms with Crippen molar-refractivity contribution in [2.75, 3.05) is 5.75 Å². The molecule has 0 spiro atoms. The van der Waals surface area contributed by atoms with Crippen molar-refractivity contribution in [1.82, 2.24) is 10.2 Å². The molecule has 1 heterocycles. The fraction of sp³-hybridized carbons (Fsp3) is 0.400. The Balaban J connectivity index is 2.87. The Hall–Kier alpha value is -1.04. The van der Waals surface area contributed by atoms with Gasteiger partial charge in [-0.15, -0.1) is 0 Å². The number of aromatic amines is 1. The molecule has 0 bridgehead atoms. The van der Waals surface area contributed by atoms with E-state index in [1.165, 1.54) is 6.20 Å². The molecule has 0 aliphatic heterocycles. The zero-order valence-electron chi connectivity index (χ0n) is 5.65. The van der Waals surface area contributed by atoms with Gasteiger partial charge in [0.2, 0.25) is 0 Å². The largest absolute Gasteiger partial charge is 0.309 e. The zero-order chi connectivity index (χ0) is 8.27. The van der Waals surface area contributed by atoms with Gasteiger partial charge in [-0.2, -0.15) is 17.7 Å². The molecular formula is C5H7N3O2S. The van der Waals surface area contributed by atoms with Crippen LogP contribution in [-0.4, -0.2) is 20.9 Å². The predicted octanol–water partition coefficient (Wildman–Crippen LogP) is 0.790. The first-order valence-electron chi connectivity index (χ1n) is 3.03. The minimum Gasteiger partial charge on any atom is -0.275 e. The summed E-state index contributed by atoms with van der Waals surface area (Å²) in [7, 11) is 0. The standard InChI is InChI=1S/C5H7N3O2S/c9-8(10)5-3-6-7-4(5)1-2-11/h3,11H,1-2H2,(H,6,7). The van der Waals surface area contributed by atoms with Crippen LogP contribution in [0.4, 0.5) is 5.69 Å². The molecule has 0 amide bonds. The topological polar surface area (TPSA) is 71.8 Å². The van der Waals surface area contributed by atoms with E-state index in [4.69, 9.17) is 0 Å². The number of thiol groups is 1. The van der Waals surface area contributed by atoms with Crippen LogP contribution in [0.15, 0.2) is 6.20 Å². The quantitative estimate of drug-likeness (QED) is 0.403. The molecule has 0 radical (unpaired) electrons. The van der Waals surface area contributed by atoms with Gasteiger partial charge in [0.15, 0.2) is 0 Å². The summed E-state index contributed by atoms with van der Waals surface area (Å²) < 4.78 is 0. The number of hydrogen-bond donors (Lipinski definition) is 2. The molecule has 0 saturated carbocycles. The summed E-state index contributed by atoms with van der Waals surface area (Å²) in [6.45, 7) is 0. The summed E-state index contributed by atoms with van der Waals surface area (Å²) >= 11 is 3.95. The van der Waals surface area contributed by atoms with E-state index in [0.29, 0.717) is 17.9 Å². The van der Waals surface area contributed by atoms with Gasteiger partial charge in [-0.25, -0.2) is 0 Å². The lowest BCUT2D eigenvalue weighted by Crippen LogP contribution is -1.93. The second kappa shape index (κ2) is 3.38. The first kappa shape index (κ1) is 8.06. The average molecular weight is 173 g/mol. The van der Waals surface area contributed by atoms with Crippen molar-refractivity contribution >= 4 is 18.3 Å². The van der Waals surface area contributed by atoms with Crippen molar-refractivity contribution in [3.8, 4) is 0 Å². The predicted molar refractivity (Wildman–Crippen MR) is 42.8 cm³/mol. The van der Waals surface area contributed by atoms with E-state index >= 15 is 0 Å². The highest BCUT2D eigenvalue weighted by atomic mass is 32.1.